The summed E-state index contributed by atoms with van der Waals surface area (Å²) in [6.07, 6.45) is 5.72. The van der Waals surface area contributed by atoms with Crippen molar-refractivity contribution in [3.8, 4) is 5.75 Å². The third-order valence-electron chi connectivity index (χ3n) is 3.93. The van der Waals surface area contributed by atoms with Crippen molar-refractivity contribution in [2.45, 2.75) is 37.6 Å². The van der Waals surface area contributed by atoms with Gasteiger partial charge in [0.15, 0.2) is 0 Å². The summed E-state index contributed by atoms with van der Waals surface area (Å²) in [5, 5.41) is 3.46. The third-order valence-corrected chi connectivity index (χ3v) is 3.93. The fourth-order valence-electron chi connectivity index (χ4n) is 2.48. The first kappa shape index (κ1) is 12.0. The molecule has 1 aliphatic heterocycles. The monoisotopic (exact) mass is 246 g/mol. The Morgan fingerprint density at radius 2 is 2.22 bits per heavy atom. The van der Waals surface area contributed by atoms with Gasteiger partial charge in [0.05, 0.1) is 6.61 Å². The maximum atomic E-state index is 6.04. The van der Waals surface area contributed by atoms with Gasteiger partial charge in [0.1, 0.15) is 5.75 Å². The summed E-state index contributed by atoms with van der Waals surface area (Å²) >= 11 is 0. The van der Waals surface area contributed by atoms with Gasteiger partial charge in [0.25, 0.3) is 0 Å². The van der Waals surface area contributed by atoms with Gasteiger partial charge in [-0.15, -0.1) is 0 Å². The number of nitrogens with two attached hydrogens (primary N) is 1. The molecule has 0 saturated heterocycles. The Balaban J connectivity index is 1.50. The highest BCUT2D eigenvalue weighted by Crippen LogP contribution is 2.31. The largest absolute Gasteiger partial charge is 0.493 e. The standard InChI is InChI=1S/C15H22N2O/c16-15(6-7-15)11-17-8-5-12-3-4-14-13(10-12)2-1-9-18-14/h3-4,10,17H,1-2,5-9,11,16H2. The van der Waals surface area contributed by atoms with Gasteiger partial charge in [-0.1, -0.05) is 12.1 Å². The lowest BCUT2D eigenvalue weighted by Crippen LogP contribution is -2.36. The van der Waals surface area contributed by atoms with Crippen LogP contribution in [0.1, 0.15) is 30.4 Å². The van der Waals surface area contributed by atoms with Gasteiger partial charge < -0.3 is 15.8 Å². The van der Waals surface area contributed by atoms with Crippen molar-refractivity contribution in [3.05, 3.63) is 29.3 Å². The second-order valence-electron chi connectivity index (χ2n) is 5.68. The van der Waals surface area contributed by atoms with Gasteiger partial charge in [-0.25, -0.2) is 0 Å². The van der Waals surface area contributed by atoms with Crippen molar-refractivity contribution in [1.82, 2.24) is 5.32 Å². The molecule has 0 atom stereocenters. The third kappa shape index (κ3) is 2.85. The number of hydrogen-bond donors (Lipinski definition) is 2. The maximum absolute atomic E-state index is 6.04. The molecule has 2 aliphatic rings. The molecule has 1 saturated carbocycles. The van der Waals surface area contributed by atoms with Gasteiger partial charge in [0, 0.05) is 12.1 Å². The lowest BCUT2D eigenvalue weighted by Gasteiger charge is -2.18. The first-order valence-electron chi connectivity index (χ1n) is 6.99. The van der Waals surface area contributed by atoms with Crippen LogP contribution in [-0.4, -0.2) is 25.2 Å². The highest BCUT2D eigenvalue weighted by atomic mass is 16.5. The summed E-state index contributed by atoms with van der Waals surface area (Å²) in [4.78, 5) is 0. The van der Waals surface area contributed by atoms with E-state index >= 15 is 0 Å². The molecule has 98 valence electrons. The average molecular weight is 246 g/mol. The Bertz CT molecular complexity index is 427. The van der Waals surface area contributed by atoms with Crippen LogP contribution in [0.2, 0.25) is 0 Å². The molecule has 1 aromatic carbocycles. The number of rotatable bonds is 5. The van der Waals surface area contributed by atoms with Gasteiger partial charge >= 0.3 is 0 Å². The zero-order chi connectivity index (χ0) is 12.4. The summed E-state index contributed by atoms with van der Waals surface area (Å²) in [5.41, 5.74) is 8.92. The smallest absolute Gasteiger partial charge is 0.122 e. The molecule has 3 heteroatoms. The first-order chi connectivity index (χ1) is 8.75. The normalized spacial score (nSPS) is 20.1. The minimum absolute atomic E-state index is 0.115. The number of aryl methyl sites for hydroxylation is 1. The number of benzene rings is 1. The molecular weight excluding hydrogens is 224 g/mol. The van der Waals surface area contributed by atoms with Crippen LogP contribution in [0.4, 0.5) is 0 Å². The molecule has 0 bridgehead atoms. The highest BCUT2D eigenvalue weighted by molar-refractivity contribution is 5.38. The van der Waals surface area contributed by atoms with E-state index in [0.29, 0.717) is 0 Å². The summed E-state index contributed by atoms with van der Waals surface area (Å²) in [5.74, 6) is 1.08. The number of hydrogen-bond acceptors (Lipinski definition) is 3. The van der Waals surface area contributed by atoms with E-state index in [2.05, 4.69) is 23.5 Å². The van der Waals surface area contributed by atoms with E-state index in [-0.39, 0.29) is 5.54 Å². The lowest BCUT2D eigenvalue weighted by molar-refractivity contribution is 0.288. The Kier molecular flexibility index (Phi) is 3.27. The van der Waals surface area contributed by atoms with Gasteiger partial charge in [-0.05, 0) is 55.8 Å². The lowest BCUT2D eigenvalue weighted by atomic mass is 10.0. The topological polar surface area (TPSA) is 47.3 Å². The fraction of sp³-hybridized carbons (Fsp3) is 0.600. The molecule has 18 heavy (non-hydrogen) atoms. The zero-order valence-corrected chi connectivity index (χ0v) is 10.9. The van der Waals surface area contributed by atoms with Crippen molar-refractivity contribution >= 4 is 0 Å². The summed E-state index contributed by atoms with van der Waals surface area (Å²) in [7, 11) is 0. The molecule has 0 aromatic heterocycles. The molecule has 1 aliphatic carbocycles. The van der Waals surface area contributed by atoms with E-state index in [1.807, 2.05) is 0 Å². The SMILES string of the molecule is NC1(CNCCc2ccc3c(c2)CCCO3)CC1. The minimum Gasteiger partial charge on any atom is -0.493 e. The molecule has 3 nitrogen and oxygen atoms in total. The van der Waals surface area contributed by atoms with Gasteiger partial charge in [-0.3, -0.25) is 0 Å². The number of fused-ring (bicyclic) bond motifs is 1. The minimum atomic E-state index is 0.115. The second-order valence-corrected chi connectivity index (χ2v) is 5.68. The molecule has 0 amide bonds. The van der Waals surface area contributed by atoms with E-state index in [1.54, 1.807) is 0 Å². The van der Waals surface area contributed by atoms with Crippen molar-refractivity contribution in [1.29, 1.82) is 0 Å². The van der Waals surface area contributed by atoms with Gasteiger partial charge in [-0.2, -0.15) is 0 Å². The molecule has 3 rings (SSSR count). The Morgan fingerprint density at radius 3 is 3.06 bits per heavy atom. The van der Waals surface area contributed by atoms with Crippen LogP contribution in [0.25, 0.3) is 0 Å². The zero-order valence-electron chi connectivity index (χ0n) is 10.9. The number of ether oxygens (including phenoxy) is 1. The van der Waals surface area contributed by atoms with Crippen LogP contribution < -0.4 is 15.8 Å². The van der Waals surface area contributed by atoms with Crippen LogP contribution >= 0.6 is 0 Å². The van der Waals surface area contributed by atoms with Crippen molar-refractivity contribution in [2.24, 2.45) is 5.73 Å². The van der Waals surface area contributed by atoms with Crippen LogP contribution in [0.5, 0.6) is 5.75 Å². The van der Waals surface area contributed by atoms with Crippen LogP contribution in [0.3, 0.4) is 0 Å². The molecule has 1 fully saturated rings. The summed E-state index contributed by atoms with van der Waals surface area (Å²) in [6, 6.07) is 6.60. The van der Waals surface area contributed by atoms with E-state index in [1.165, 1.54) is 24.0 Å². The molecule has 3 N–H and O–H groups in total. The Morgan fingerprint density at radius 1 is 1.33 bits per heavy atom. The Hall–Kier alpha value is -1.06. The second kappa shape index (κ2) is 4.90. The van der Waals surface area contributed by atoms with Crippen LogP contribution in [-0.2, 0) is 12.8 Å². The van der Waals surface area contributed by atoms with Crippen LogP contribution in [0.15, 0.2) is 18.2 Å². The van der Waals surface area contributed by atoms with Crippen LogP contribution in [0, 0.1) is 0 Å². The Labute approximate surface area is 109 Å². The molecular formula is C15H22N2O. The number of nitrogens with one attached hydrogen (secondary N) is 1. The predicted molar refractivity (Wildman–Crippen MR) is 73.0 cm³/mol. The van der Waals surface area contributed by atoms with E-state index in [9.17, 15) is 0 Å². The predicted octanol–water partition coefficient (Wildman–Crippen LogP) is 1.64. The van der Waals surface area contributed by atoms with Crippen molar-refractivity contribution in [2.75, 3.05) is 19.7 Å². The van der Waals surface area contributed by atoms with E-state index < -0.39 is 0 Å². The first-order valence-corrected chi connectivity index (χ1v) is 6.99. The highest BCUT2D eigenvalue weighted by Gasteiger charge is 2.37. The molecule has 0 radical (unpaired) electrons. The summed E-state index contributed by atoms with van der Waals surface area (Å²) < 4.78 is 5.62. The maximum Gasteiger partial charge on any atom is 0.122 e. The quantitative estimate of drug-likeness (QED) is 0.776. The fourth-order valence-corrected chi connectivity index (χ4v) is 2.48. The molecule has 1 aromatic rings. The van der Waals surface area contributed by atoms with Crippen molar-refractivity contribution in [3.63, 3.8) is 0 Å². The average Bonchev–Trinajstić information content (AvgIpc) is 3.13. The summed E-state index contributed by atoms with van der Waals surface area (Å²) in [6.45, 7) is 2.84. The molecule has 0 spiro atoms. The van der Waals surface area contributed by atoms with E-state index in [0.717, 1.165) is 44.7 Å². The van der Waals surface area contributed by atoms with E-state index in [4.69, 9.17) is 10.5 Å². The van der Waals surface area contributed by atoms with Gasteiger partial charge in [0.2, 0.25) is 0 Å². The molecule has 0 unspecified atom stereocenters. The van der Waals surface area contributed by atoms with Crippen molar-refractivity contribution < 1.29 is 4.74 Å². The molecule has 1 heterocycles.